The van der Waals surface area contributed by atoms with E-state index in [2.05, 4.69) is 25.6 Å². The van der Waals surface area contributed by atoms with Crippen LogP contribution in [-0.2, 0) is 16.6 Å². The number of hydrogen-bond acceptors (Lipinski definition) is 3. The molecule has 1 aromatic carbocycles. The third-order valence-corrected chi connectivity index (χ3v) is 5.49. The maximum absolute atomic E-state index is 12.3. The van der Waals surface area contributed by atoms with Crippen molar-refractivity contribution in [2.75, 3.05) is 0 Å². The van der Waals surface area contributed by atoms with E-state index in [1.165, 1.54) is 6.07 Å². The molecule has 0 bridgehead atoms. The SMILES string of the molecule is O=S(=O)(NCc1ccn2ccnc2c1)c1ccc(Br)cc1Cl. The number of rotatable bonds is 4. The van der Waals surface area contributed by atoms with Crippen LogP contribution in [0, 0.1) is 0 Å². The highest BCUT2D eigenvalue weighted by molar-refractivity contribution is 9.10. The average molecular weight is 401 g/mol. The fourth-order valence-corrected chi connectivity index (χ4v) is 4.06. The summed E-state index contributed by atoms with van der Waals surface area (Å²) in [6.45, 7) is 0.165. The summed E-state index contributed by atoms with van der Waals surface area (Å²) in [5.74, 6) is 0. The van der Waals surface area contributed by atoms with Crippen LogP contribution >= 0.6 is 27.5 Å². The Morgan fingerprint density at radius 3 is 2.82 bits per heavy atom. The van der Waals surface area contributed by atoms with Gasteiger partial charge in [-0.2, -0.15) is 0 Å². The number of hydrogen-bond donors (Lipinski definition) is 1. The molecule has 0 aliphatic heterocycles. The van der Waals surface area contributed by atoms with E-state index < -0.39 is 10.0 Å². The zero-order valence-corrected chi connectivity index (χ0v) is 14.4. The Morgan fingerprint density at radius 2 is 2.05 bits per heavy atom. The van der Waals surface area contributed by atoms with Gasteiger partial charge in [-0.25, -0.2) is 18.1 Å². The van der Waals surface area contributed by atoms with Crippen LogP contribution in [0.25, 0.3) is 5.65 Å². The Labute approximate surface area is 141 Å². The smallest absolute Gasteiger partial charge is 0.242 e. The van der Waals surface area contributed by atoms with Gasteiger partial charge in [0.1, 0.15) is 10.5 Å². The van der Waals surface area contributed by atoms with Crippen LogP contribution in [0.1, 0.15) is 5.56 Å². The minimum atomic E-state index is -3.68. The number of nitrogens with zero attached hydrogens (tertiary/aromatic N) is 2. The highest BCUT2D eigenvalue weighted by atomic mass is 79.9. The standard InChI is InChI=1S/C14H11BrClN3O2S/c15-11-1-2-13(12(16)8-11)22(20,21)18-9-10-3-5-19-6-4-17-14(19)7-10/h1-8,18H,9H2. The maximum Gasteiger partial charge on any atom is 0.242 e. The molecular weight excluding hydrogens is 390 g/mol. The van der Waals surface area contributed by atoms with Gasteiger partial charge >= 0.3 is 0 Å². The summed E-state index contributed by atoms with van der Waals surface area (Å²) in [4.78, 5) is 4.22. The molecule has 2 aromatic heterocycles. The quantitative estimate of drug-likeness (QED) is 0.731. The zero-order chi connectivity index (χ0) is 15.7. The fraction of sp³-hybridized carbons (Fsp3) is 0.0714. The van der Waals surface area contributed by atoms with Crippen LogP contribution in [-0.4, -0.2) is 17.8 Å². The van der Waals surface area contributed by atoms with Crippen LogP contribution < -0.4 is 4.72 Å². The van der Waals surface area contributed by atoms with Gasteiger partial charge in [-0.05, 0) is 35.9 Å². The number of fused-ring (bicyclic) bond motifs is 1. The molecular formula is C14H11BrClN3O2S. The van der Waals surface area contributed by atoms with Crippen molar-refractivity contribution < 1.29 is 8.42 Å². The topological polar surface area (TPSA) is 63.5 Å². The van der Waals surface area contributed by atoms with Crippen molar-refractivity contribution in [3.63, 3.8) is 0 Å². The third kappa shape index (κ3) is 3.17. The molecule has 2 heterocycles. The molecule has 0 aliphatic carbocycles. The van der Waals surface area contributed by atoms with E-state index >= 15 is 0 Å². The summed E-state index contributed by atoms with van der Waals surface area (Å²) < 4.78 is 29.8. The Kier molecular flexibility index (Phi) is 4.22. The van der Waals surface area contributed by atoms with E-state index in [9.17, 15) is 8.42 Å². The van der Waals surface area contributed by atoms with Crippen molar-refractivity contribution in [3.8, 4) is 0 Å². The first kappa shape index (κ1) is 15.5. The van der Waals surface area contributed by atoms with Crippen molar-refractivity contribution >= 4 is 43.2 Å². The fourth-order valence-electron chi connectivity index (χ4n) is 2.01. The Balaban J connectivity index is 1.82. The number of sulfonamides is 1. The molecule has 5 nitrogen and oxygen atoms in total. The van der Waals surface area contributed by atoms with Crippen molar-refractivity contribution in [1.82, 2.24) is 14.1 Å². The summed E-state index contributed by atoms with van der Waals surface area (Å²) in [7, 11) is -3.68. The van der Waals surface area contributed by atoms with Gasteiger partial charge in [0, 0.05) is 29.6 Å². The molecule has 0 radical (unpaired) electrons. The summed E-state index contributed by atoms with van der Waals surface area (Å²) >= 11 is 9.25. The summed E-state index contributed by atoms with van der Waals surface area (Å²) in [5, 5.41) is 0.172. The first-order chi connectivity index (χ1) is 10.5. The monoisotopic (exact) mass is 399 g/mol. The molecule has 114 valence electrons. The van der Waals surface area contributed by atoms with Crippen LogP contribution in [0.4, 0.5) is 0 Å². The van der Waals surface area contributed by atoms with E-state index in [1.54, 1.807) is 18.3 Å². The normalized spacial score (nSPS) is 11.9. The number of halogens is 2. The van der Waals surface area contributed by atoms with Gasteiger partial charge in [-0.3, -0.25) is 0 Å². The van der Waals surface area contributed by atoms with Crippen molar-refractivity contribution in [2.45, 2.75) is 11.4 Å². The molecule has 0 unspecified atom stereocenters. The average Bonchev–Trinajstić information content (AvgIpc) is 2.92. The molecule has 22 heavy (non-hydrogen) atoms. The molecule has 1 N–H and O–H groups in total. The lowest BCUT2D eigenvalue weighted by molar-refractivity contribution is 0.581. The lowest BCUT2D eigenvalue weighted by Gasteiger charge is -2.09. The van der Waals surface area contributed by atoms with E-state index in [0.717, 1.165) is 15.7 Å². The van der Waals surface area contributed by atoms with Gasteiger partial charge in [0.25, 0.3) is 0 Å². The molecule has 0 saturated heterocycles. The largest absolute Gasteiger partial charge is 0.307 e. The summed E-state index contributed by atoms with van der Waals surface area (Å²) in [5.41, 5.74) is 1.58. The second kappa shape index (κ2) is 6.00. The van der Waals surface area contributed by atoms with E-state index in [1.807, 2.05) is 28.9 Å². The lowest BCUT2D eigenvalue weighted by Crippen LogP contribution is -2.23. The molecule has 0 atom stereocenters. The molecule has 0 saturated carbocycles. The van der Waals surface area contributed by atoms with Gasteiger partial charge in [0.05, 0.1) is 5.02 Å². The molecule has 8 heteroatoms. The molecule has 0 amide bonds. The molecule has 0 fully saturated rings. The molecule has 0 aliphatic rings. The zero-order valence-electron chi connectivity index (χ0n) is 11.2. The highest BCUT2D eigenvalue weighted by Crippen LogP contribution is 2.25. The predicted octanol–water partition coefficient (Wildman–Crippen LogP) is 3.23. The number of nitrogens with one attached hydrogen (secondary N) is 1. The summed E-state index contributed by atoms with van der Waals surface area (Å²) in [6.07, 6.45) is 5.34. The second-order valence-corrected chi connectivity index (χ2v) is 7.69. The predicted molar refractivity (Wildman–Crippen MR) is 88.4 cm³/mol. The third-order valence-electron chi connectivity index (χ3n) is 3.11. The van der Waals surface area contributed by atoms with E-state index in [0.29, 0.717) is 0 Å². The highest BCUT2D eigenvalue weighted by Gasteiger charge is 2.17. The van der Waals surface area contributed by atoms with Gasteiger partial charge in [0.15, 0.2) is 0 Å². The minimum absolute atomic E-state index is 0.0549. The Bertz CT molecular complexity index is 940. The van der Waals surface area contributed by atoms with Crippen LogP contribution in [0.15, 0.2) is 58.3 Å². The van der Waals surface area contributed by atoms with Crippen molar-refractivity contribution in [3.05, 3.63) is 64.0 Å². The van der Waals surface area contributed by atoms with E-state index in [4.69, 9.17) is 11.6 Å². The van der Waals surface area contributed by atoms with Gasteiger partial charge in [-0.1, -0.05) is 27.5 Å². The Hall–Kier alpha value is -1.41. The lowest BCUT2D eigenvalue weighted by atomic mass is 10.3. The van der Waals surface area contributed by atoms with Crippen LogP contribution in [0.2, 0.25) is 5.02 Å². The Morgan fingerprint density at radius 1 is 1.23 bits per heavy atom. The van der Waals surface area contributed by atoms with Gasteiger partial charge < -0.3 is 4.40 Å². The maximum atomic E-state index is 12.3. The first-order valence-electron chi connectivity index (χ1n) is 6.32. The number of pyridine rings is 1. The number of imidazole rings is 1. The number of aromatic nitrogens is 2. The minimum Gasteiger partial charge on any atom is -0.307 e. The van der Waals surface area contributed by atoms with Crippen molar-refractivity contribution in [1.29, 1.82) is 0 Å². The van der Waals surface area contributed by atoms with Crippen LogP contribution in [0.3, 0.4) is 0 Å². The van der Waals surface area contributed by atoms with Crippen molar-refractivity contribution in [2.24, 2.45) is 0 Å². The van der Waals surface area contributed by atoms with E-state index in [-0.39, 0.29) is 16.5 Å². The second-order valence-electron chi connectivity index (χ2n) is 4.63. The van der Waals surface area contributed by atoms with Crippen LogP contribution in [0.5, 0.6) is 0 Å². The molecule has 0 spiro atoms. The molecule has 3 rings (SSSR count). The first-order valence-corrected chi connectivity index (χ1v) is 8.97. The van der Waals surface area contributed by atoms with Gasteiger partial charge in [-0.15, -0.1) is 0 Å². The number of benzene rings is 1. The van der Waals surface area contributed by atoms with Gasteiger partial charge in [0.2, 0.25) is 10.0 Å². The molecule has 3 aromatic rings. The summed E-state index contributed by atoms with van der Waals surface area (Å²) in [6, 6.07) is 8.31.